The Bertz CT molecular complexity index is 305. The highest BCUT2D eigenvalue weighted by molar-refractivity contribution is 5.99. The zero-order chi connectivity index (χ0) is 10.0. The summed E-state index contributed by atoms with van der Waals surface area (Å²) in [4.78, 5) is 11.3. The first-order chi connectivity index (χ1) is 6.02. The SMILES string of the molecule is C=C(C)C1=CC(C)CC=C1C(C)=O. The lowest BCUT2D eigenvalue weighted by molar-refractivity contribution is -0.113. The van der Waals surface area contributed by atoms with E-state index >= 15 is 0 Å². The Balaban J connectivity index is 3.04. The molecule has 0 heterocycles. The maximum atomic E-state index is 11.3. The predicted octanol–water partition coefficient (Wildman–Crippen LogP) is 3.04. The Kier molecular flexibility index (Phi) is 2.86. The number of ketones is 1. The van der Waals surface area contributed by atoms with Gasteiger partial charge in [0.15, 0.2) is 5.78 Å². The van der Waals surface area contributed by atoms with Gasteiger partial charge in [0.1, 0.15) is 0 Å². The van der Waals surface area contributed by atoms with E-state index in [-0.39, 0.29) is 5.78 Å². The van der Waals surface area contributed by atoms with Crippen LogP contribution in [0.5, 0.6) is 0 Å². The lowest BCUT2D eigenvalue weighted by Crippen LogP contribution is -2.08. The summed E-state index contributed by atoms with van der Waals surface area (Å²) in [7, 11) is 0. The Labute approximate surface area is 79.8 Å². The van der Waals surface area contributed by atoms with E-state index in [1.165, 1.54) is 0 Å². The van der Waals surface area contributed by atoms with Crippen molar-refractivity contribution >= 4 is 5.78 Å². The van der Waals surface area contributed by atoms with Gasteiger partial charge in [-0.25, -0.2) is 0 Å². The van der Waals surface area contributed by atoms with Crippen LogP contribution in [0.1, 0.15) is 27.2 Å². The molecule has 0 aromatic carbocycles. The first-order valence-corrected chi connectivity index (χ1v) is 4.61. The summed E-state index contributed by atoms with van der Waals surface area (Å²) in [5.74, 6) is 0.663. The highest BCUT2D eigenvalue weighted by Crippen LogP contribution is 2.27. The highest BCUT2D eigenvalue weighted by atomic mass is 16.1. The molecule has 0 saturated heterocycles. The minimum Gasteiger partial charge on any atom is -0.295 e. The molecule has 1 heteroatoms. The van der Waals surface area contributed by atoms with Crippen LogP contribution in [0.4, 0.5) is 0 Å². The van der Waals surface area contributed by atoms with E-state index in [0.717, 1.165) is 23.1 Å². The number of allylic oxidation sites excluding steroid dienone is 5. The highest BCUT2D eigenvalue weighted by Gasteiger charge is 2.16. The van der Waals surface area contributed by atoms with E-state index in [4.69, 9.17) is 0 Å². The van der Waals surface area contributed by atoms with Crippen molar-refractivity contribution in [3.05, 3.63) is 35.5 Å². The third-order valence-corrected chi connectivity index (χ3v) is 2.27. The van der Waals surface area contributed by atoms with Crippen molar-refractivity contribution in [1.29, 1.82) is 0 Å². The van der Waals surface area contributed by atoms with Crippen LogP contribution in [0.25, 0.3) is 0 Å². The van der Waals surface area contributed by atoms with Gasteiger partial charge in [0.2, 0.25) is 0 Å². The van der Waals surface area contributed by atoms with E-state index in [1.807, 2.05) is 13.0 Å². The molecule has 0 aromatic rings. The first kappa shape index (κ1) is 9.97. The lowest BCUT2D eigenvalue weighted by Gasteiger charge is -2.17. The third-order valence-electron chi connectivity index (χ3n) is 2.27. The van der Waals surface area contributed by atoms with Gasteiger partial charge in [-0.3, -0.25) is 4.79 Å². The summed E-state index contributed by atoms with van der Waals surface area (Å²) in [6.45, 7) is 9.59. The predicted molar refractivity (Wildman–Crippen MR) is 55.4 cm³/mol. The molecule has 0 bridgehead atoms. The van der Waals surface area contributed by atoms with Gasteiger partial charge in [0.05, 0.1) is 0 Å². The lowest BCUT2D eigenvalue weighted by atomic mass is 9.87. The number of hydrogen-bond donors (Lipinski definition) is 0. The maximum Gasteiger partial charge on any atom is 0.160 e. The van der Waals surface area contributed by atoms with Crippen LogP contribution in [0.3, 0.4) is 0 Å². The van der Waals surface area contributed by atoms with Crippen molar-refractivity contribution in [1.82, 2.24) is 0 Å². The zero-order valence-corrected chi connectivity index (χ0v) is 8.55. The van der Waals surface area contributed by atoms with Crippen LogP contribution in [-0.2, 0) is 4.79 Å². The summed E-state index contributed by atoms with van der Waals surface area (Å²) in [6, 6.07) is 0. The molecule has 0 spiro atoms. The second-order valence-electron chi connectivity index (χ2n) is 3.75. The second-order valence-corrected chi connectivity index (χ2v) is 3.75. The minimum atomic E-state index is 0.140. The van der Waals surface area contributed by atoms with E-state index in [9.17, 15) is 4.79 Å². The molecule has 1 aliphatic carbocycles. The quantitative estimate of drug-likeness (QED) is 0.632. The van der Waals surface area contributed by atoms with Crippen molar-refractivity contribution in [3.63, 3.8) is 0 Å². The van der Waals surface area contributed by atoms with Crippen molar-refractivity contribution in [2.45, 2.75) is 27.2 Å². The fourth-order valence-corrected chi connectivity index (χ4v) is 1.56. The van der Waals surface area contributed by atoms with Crippen molar-refractivity contribution < 1.29 is 4.79 Å². The smallest absolute Gasteiger partial charge is 0.160 e. The molecule has 13 heavy (non-hydrogen) atoms. The average molecular weight is 176 g/mol. The van der Waals surface area contributed by atoms with Gasteiger partial charge >= 0.3 is 0 Å². The van der Waals surface area contributed by atoms with Crippen LogP contribution >= 0.6 is 0 Å². The van der Waals surface area contributed by atoms with Gasteiger partial charge < -0.3 is 0 Å². The summed E-state index contributed by atoms with van der Waals surface area (Å²) < 4.78 is 0. The van der Waals surface area contributed by atoms with Crippen LogP contribution in [0, 0.1) is 5.92 Å². The zero-order valence-electron chi connectivity index (χ0n) is 8.55. The average Bonchev–Trinajstić information content (AvgIpc) is 2.03. The summed E-state index contributed by atoms with van der Waals surface area (Å²) in [5, 5.41) is 0. The van der Waals surface area contributed by atoms with E-state index in [0.29, 0.717) is 5.92 Å². The number of rotatable bonds is 2. The third kappa shape index (κ3) is 2.18. The molecule has 1 aliphatic rings. The molecule has 0 amide bonds. The number of carbonyl (C=O) groups excluding carboxylic acids is 1. The number of hydrogen-bond acceptors (Lipinski definition) is 1. The normalized spacial score (nSPS) is 21.9. The largest absolute Gasteiger partial charge is 0.295 e. The van der Waals surface area contributed by atoms with Gasteiger partial charge in [0.25, 0.3) is 0 Å². The van der Waals surface area contributed by atoms with E-state index in [2.05, 4.69) is 19.6 Å². The molecule has 1 unspecified atom stereocenters. The molecular formula is C12H16O. The maximum absolute atomic E-state index is 11.3. The topological polar surface area (TPSA) is 17.1 Å². The molecule has 1 atom stereocenters. The number of Topliss-reactive ketones (excluding diaryl/α,β-unsaturated/α-hetero) is 1. The van der Waals surface area contributed by atoms with Crippen LogP contribution in [0.2, 0.25) is 0 Å². The fraction of sp³-hybridized carbons (Fsp3) is 0.417. The molecular weight excluding hydrogens is 160 g/mol. The standard InChI is InChI=1S/C12H16O/c1-8(2)12-7-9(3)5-6-11(12)10(4)13/h6-7,9H,1,5H2,2-4H3. The summed E-state index contributed by atoms with van der Waals surface area (Å²) in [5.41, 5.74) is 2.85. The van der Waals surface area contributed by atoms with E-state index < -0.39 is 0 Å². The molecule has 0 radical (unpaired) electrons. The molecule has 0 aliphatic heterocycles. The van der Waals surface area contributed by atoms with Crippen molar-refractivity contribution in [2.75, 3.05) is 0 Å². The van der Waals surface area contributed by atoms with E-state index in [1.54, 1.807) is 6.92 Å². The van der Waals surface area contributed by atoms with Gasteiger partial charge in [-0.1, -0.05) is 31.2 Å². The Morgan fingerprint density at radius 2 is 2.08 bits per heavy atom. The van der Waals surface area contributed by atoms with Crippen LogP contribution < -0.4 is 0 Å². The first-order valence-electron chi connectivity index (χ1n) is 4.61. The van der Waals surface area contributed by atoms with Crippen molar-refractivity contribution in [3.8, 4) is 0 Å². The van der Waals surface area contributed by atoms with Gasteiger partial charge in [0, 0.05) is 5.57 Å². The molecule has 1 rings (SSSR count). The van der Waals surface area contributed by atoms with Gasteiger partial charge in [-0.2, -0.15) is 0 Å². The number of carbonyl (C=O) groups is 1. The molecule has 70 valence electrons. The second kappa shape index (κ2) is 3.73. The van der Waals surface area contributed by atoms with Crippen molar-refractivity contribution in [2.24, 2.45) is 5.92 Å². The molecule has 0 N–H and O–H groups in total. The Morgan fingerprint density at radius 1 is 1.46 bits per heavy atom. The van der Waals surface area contributed by atoms with Crippen LogP contribution in [0.15, 0.2) is 35.5 Å². The van der Waals surface area contributed by atoms with Crippen LogP contribution in [-0.4, -0.2) is 5.78 Å². The molecule has 0 fully saturated rings. The Morgan fingerprint density at radius 3 is 2.54 bits per heavy atom. The Hall–Kier alpha value is -1.11. The molecule has 0 aromatic heterocycles. The van der Waals surface area contributed by atoms with Gasteiger partial charge in [-0.15, -0.1) is 0 Å². The molecule has 1 nitrogen and oxygen atoms in total. The van der Waals surface area contributed by atoms with Gasteiger partial charge in [-0.05, 0) is 31.8 Å². The fourth-order valence-electron chi connectivity index (χ4n) is 1.56. The monoisotopic (exact) mass is 176 g/mol. The summed E-state index contributed by atoms with van der Waals surface area (Å²) in [6.07, 6.45) is 5.13. The molecule has 0 saturated carbocycles. The summed E-state index contributed by atoms with van der Waals surface area (Å²) >= 11 is 0. The minimum absolute atomic E-state index is 0.140.